The Hall–Kier alpha value is -1.13. The van der Waals surface area contributed by atoms with E-state index in [2.05, 4.69) is 20.9 Å². The number of furan rings is 1. The molecule has 0 radical (unpaired) electrons. The topological polar surface area (TPSA) is 52.0 Å². The molecule has 2 N–H and O–H groups in total. The van der Waals surface area contributed by atoms with Crippen molar-refractivity contribution >= 4 is 15.9 Å². The quantitative estimate of drug-likeness (QED) is 0.910. The Morgan fingerprint density at radius 2 is 2.20 bits per heavy atom. The van der Waals surface area contributed by atoms with E-state index in [0.717, 1.165) is 21.5 Å². The zero-order valence-electron chi connectivity index (χ0n) is 8.27. The average molecular weight is 267 g/mol. The van der Waals surface area contributed by atoms with Gasteiger partial charge in [-0.05, 0) is 40.5 Å². The largest absolute Gasteiger partial charge is 0.466 e. The van der Waals surface area contributed by atoms with Gasteiger partial charge in [0.1, 0.15) is 5.76 Å². The standard InChI is InChI=1S/C11H11BrN2O/c1-7-2-3-8(6-14-7)10(13)11-9(12)4-5-15-11/h2-6,10H,13H2,1H3. The van der Waals surface area contributed by atoms with Gasteiger partial charge in [0, 0.05) is 11.9 Å². The molecule has 0 aliphatic heterocycles. The van der Waals surface area contributed by atoms with Crippen LogP contribution in [0.3, 0.4) is 0 Å². The molecule has 15 heavy (non-hydrogen) atoms. The Bertz CT molecular complexity index is 450. The summed E-state index contributed by atoms with van der Waals surface area (Å²) in [5, 5.41) is 0. The molecule has 3 nitrogen and oxygen atoms in total. The molecule has 0 amide bonds. The first-order valence-electron chi connectivity index (χ1n) is 4.59. The van der Waals surface area contributed by atoms with Gasteiger partial charge in [-0.3, -0.25) is 4.98 Å². The Kier molecular flexibility index (Phi) is 2.88. The van der Waals surface area contributed by atoms with Crippen molar-refractivity contribution in [3.05, 3.63) is 52.1 Å². The van der Waals surface area contributed by atoms with Gasteiger partial charge < -0.3 is 10.2 Å². The van der Waals surface area contributed by atoms with Crippen LogP contribution < -0.4 is 5.73 Å². The lowest BCUT2D eigenvalue weighted by molar-refractivity contribution is 0.487. The second kappa shape index (κ2) is 4.16. The molecular weight excluding hydrogens is 256 g/mol. The summed E-state index contributed by atoms with van der Waals surface area (Å²) in [4.78, 5) is 4.20. The number of nitrogens with two attached hydrogens (primary N) is 1. The van der Waals surface area contributed by atoms with Crippen LogP contribution in [0.2, 0.25) is 0 Å². The summed E-state index contributed by atoms with van der Waals surface area (Å²) < 4.78 is 6.20. The van der Waals surface area contributed by atoms with Crippen molar-refractivity contribution in [1.82, 2.24) is 4.98 Å². The molecule has 4 heteroatoms. The van der Waals surface area contributed by atoms with Crippen LogP contribution in [0, 0.1) is 6.92 Å². The molecule has 1 unspecified atom stereocenters. The van der Waals surface area contributed by atoms with Crippen LogP contribution in [0.4, 0.5) is 0 Å². The van der Waals surface area contributed by atoms with Crippen molar-refractivity contribution in [3.63, 3.8) is 0 Å². The van der Waals surface area contributed by atoms with Crippen LogP contribution in [0.5, 0.6) is 0 Å². The van der Waals surface area contributed by atoms with Gasteiger partial charge in [-0.15, -0.1) is 0 Å². The van der Waals surface area contributed by atoms with Crippen LogP contribution in [-0.2, 0) is 0 Å². The van der Waals surface area contributed by atoms with Crippen LogP contribution >= 0.6 is 15.9 Å². The molecule has 0 aliphatic rings. The third-order valence-corrected chi connectivity index (χ3v) is 2.88. The van der Waals surface area contributed by atoms with Gasteiger partial charge >= 0.3 is 0 Å². The van der Waals surface area contributed by atoms with E-state index in [9.17, 15) is 0 Å². The van der Waals surface area contributed by atoms with E-state index >= 15 is 0 Å². The molecule has 2 heterocycles. The second-order valence-corrected chi connectivity index (χ2v) is 4.20. The summed E-state index contributed by atoms with van der Waals surface area (Å²) >= 11 is 3.38. The summed E-state index contributed by atoms with van der Waals surface area (Å²) in [6.07, 6.45) is 3.38. The van der Waals surface area contributed by atoms with E-state index in [1.165, 1.54) is 0 Å². The number of nitrogens with zero attached hydrogens (tertiary/aromatic N) is 1. The number of rotatable bonds is 2. The highest BCUT2D eigenvalue weighted by atomic mass is 79.9. The molecule has 0 spiro atoms. The van der Waals surface area contributed by atoms with Gasteiger partial charge in [-0.25, -0.2) is 0 Å². The molecule has 0 saturated carbocycles. The van der Waals surface area contributed by atoms with E-state index < -0.39 is 0 Å². The minimum Gasteiger partial charge on any atom is -0.466 e. The van der Waals surface area contributed by atoms with Crippen molar-refractivity contribution in [2.75, 3.05) is 0 Å². The van der Waals surface area contributed by atoms with E-state index in [1.54, 1.807) is 12.5 Å². The van der Waals surface area contributed by atoms with Crippen LogP contribution in [-0.4, -0.2) is 4.98 Å². The van der Waals surface area contributed by atoms with Gasteiger partial charge in [-0.1, -0.05) is 6.07 Å². The highest BCUT2D eigenvalue weighted by molar-refractivity contribution is 9.10. The number of halogens is 1. The number of hydrogen-bond acceptors (Lipinski definition) is 3. The lowest BCUT2D eigenvalue weighted by Crippen LogP contribution is -2.11. The van der Waals surface area contributed by atoms with Crippen molar-refractivity contribution in [2.24, 2.45) is 5.73 Å². The maximum Gasteiger partial charge on any atom is 0.139 e. The van der Waals surface area contributed by atoms with Crippen molar-refractivity contribution < 1.29 is 4.42 Å². The zero-order valence-corrected chi connectivity index (χ0v) is 9.86. The Morgan fingerprint density at radius 1 is 1.40 bits per heavy atom. The van der Waals surface area contributed by atoms with Gasteiger partial charge in [0.2, 0.25) is 0 Å². The summed E-state index contributed by atoms with van der Waals surface area (Å²) in [5.74, 6) is 0.723. The normalized spacial score (nSPS) is 12.7. The maximum absolute atomic E-state index is 6.05. The Morgan fingerprint density at radius 3 is 2.73 bits per heavy atom. The van der Waals surface area contributed by atoms with Gasteiger partial charge in [0.15, 0.2) is 0 Å². The summed E-state index contributed by atoms with van der Waals surface area (Å²) in [6.45, 7) is 1.94. The molecule has 2 rings (SSSR count). The minimum atomic E-state index is -0.275. The molecule has 1 atom stereocenters. The van der Waals surface area contributed by atoms with Crippen LogP contribution in [0.25, 0.3) is 0 Å². The monoisotopic (exact) mass is 266 g/mol. The predicted octanol–water partition coefficient (Wildman–Crippen LogP) is 2.79. The smallest absolute Gasteiger partial charge is 0.139 e. The van der Waals surface area contributed by atoms with Crippen LogP contribution in [0.15, 0.2) is 39.5 Å². The van der Waals surface area contributed by atoms with Crippen LogP contribution in [0.1, 0.15) is 23.1 Å². The van der Waals surface area contributed by atoms with Crippen molar-refractivity contribution in [2.45, 2.75) is 13.0 Å². The SMILES string of the molecule is Cc1ccc(C(N)c2occc2Br)cn1. The summed E-state index contributed by atoms with van der Waals surface area (Å²) in [6, 6.07) is 5.45. The molecule has 2 aromatic rings. The molecular formula is C11H11BrN2O. The van der Waals surface area contributed by atoms with E-state index in [1.807, 2.05) is 25.1 Å². The molecule has 2 aromatic heterocycles. The first kappa shape index (κ1) is 10.4. The number of pyridine rings is 1. The summed E-state index contributed by atoms with van der Waals surface area (Å²) in [7, 11) is 0. The molecule has 0 fully saturated rings. The van der Waals surface area contributed by atoms with E-state index in [4.69, 9.17) is 10.2 Å². The van der Waals surface area contributed by atoms with E-state index in [0.29, 0.717) is 0 Å². The molecule has 0 aliphatic carbocycles. The lowest BCUT2D eigenvalue weighted by Gasteiger charge is -2.09. The highest BCUT2D eigenvalue weighted by Crippen LogP contribution is 2.27. The Balaban J connectivity index is 2.32. The minimum absolute atomic E-state index is 0.275. The predicted molar refractivity (Wildman–Crippen MR) is 61.4 cm³/mol. The first-order chi connectivity index (χ1) is 7.18. The third-order valence-electron chi connectivity index (χ3n) is 2.22. The van der Waals surface area contributed by atoms with Crippen molar-refractivity contribution in [3.8, 4) is 0 Å². The average Bonchev–Trinajstić information content (AvgIpc) is 2.65. The first-order valence-corrected chi connectivity index (χ1v) is 5.39. The lowest BCUT2D eigenvalue weighted by atomic mass is 10.1. The fraction of sp³-hybridized carbons (Fsp3) is 0.182. The maximum atomic E-state index is 6.05. The number of aryl methyl sites for hydroxylation is 1. The summed E-state index contributed by atoms with van der Waals surface area (Å²) in [5.41, 5.74) is 7.97. The fourth-order valence-corrected chi connectivity index (χ4v) is 1.79. The van der Waals surface area contributed by atoms with E-state index in [-0.39, 0.29) is 6.04 Å². The zero-order chi connectivity index (χ0) is 10.8. The number of aromatic nitrogens is 1. The molecule has 78 valence electrons. The molecule has 0 bridgehead atoms. The van der Waals surface area contributed by atoms with Gasteiger partial charge in [0.25, 0.3) is 0 Å². The molecule has 0 saturated heterocycles. The highest BCUT2D eigenvalue weighted by Gasteiger charge is 2.15. The second-order valence-electron chi connectivity index (χ2n) is 3.34. The third kappa shape index (κ3) is 2.11. The van der Waals surface area contributed by atoms with Gasteiger partial charge in [-0.2, -0.15) is 0 Å². The van der Waals surface area contributed by atoms with Gasteiger partial charge in [0.05, 0.1) is 16.8 Å². The Labute approximate surface area is 96.4 Å². The van der Waals surface area contributed by atoms with Crippen molar-refractivity contribution in [1.29, 1.82) is 0 Å². The fourth-order valence-electron chi connectivity index (χ4n) is 1.34. The number of hydrogen-bond donors (Lipinski definition) is 1. The molecule has 0 aromatic carbocycles.